The average molecular weight is 361 g/mol. The molecule has 9 heteroatoms. The molecule has 3 N–H and O–H groups in total. The molecule has 0 spiro atoms. The van der Waals surface area contributed by atoms with Crippen LogP contribution in [-0.2, 0) is 4.79 Å². The third kappa shape index (κ3) is 3.11. The van der Waals surface area contributed by atoms with Gasteiger partial charge in [-0.1, -0.05) is 12.1 Å². The first-order valence-electron chi connectivity index (χ1n) is 7.26. The number of hydrogen-bond donors (Lipinski definition) is 2. The normalized spacial score (nSPS) is 19.2. The number of nitrogens with one attached hydrogen (secondary N) is 1. The summed E-state index contributed by atoms with van der Waals surface area (Å²) in [6.07, 6.45) is 0. The van der Waals surface area contributed by atoms with E-state index in [4.69, 9.17) is 17.3 Å². The second kappa shape index (κ2) is 6.40. The lowest BCUT2D eigenvalue weighted by atomic mass is 9.95. The van der Waals surface area contributed by atoms with Crippen LogP contribution in [0.15, 0.2) is 48.5 Å². The van der Waals surface area contributed by atoms with Crippen LogP contribution >= 0.6 is 11.6 Å². The van der Waals surface area contributed by atoms with Crippen LogP contribution in [0.25, 0.3) is 0 Å². The number of non-ortho nitro benzene ring substituents is 1. The molecule has 1 saturated heterocycles. The molecule has 0 aromatic heterocycles. The molecule has 0 unspecified atom stereocenters. The van der Waals surface area contributed by atoms with E-state index in [1.54, 1.807) is 18.2 Å². The number of halogens is 1. The standard InChI is InChI=1S/C16H13ClN4O4/c17-13-14(10-2-1-3-12(8-10)21(24)25)20(16(13)23)19-15(22)9-4-6-11(18)7-5-9/h1-8,13-14H,18H2,(H,19,22)/t13-,14+/m1/s1. The first kappa shape index (κ1) is 16.7. The number of anilines is 1. The smallest absolute Gasteiger partial charge is 0.269 e. The SMILES string of the molecule is Nc1ccc(C(=O)NN2C(=O)[C@H](Cl)[C@@H]2c2cccc([N+](=O)[O-])c2)cc1. The maximum atomic E-state index is 12.3. The van der Waals surface area contributed by atoms with Crippen molar-refractivity contribution < 1.29 is 14.5 Å². The van der Waals surface area contributed by atoms with E-state index in [1.165, 1.54) is 30.3 Å². The van der Waals surface area contributed by atoms with E-state index in [0.717, 1.165) is 5.01 Å². The van der Waals surface area contributed by atoms with Crippen molar-refractivity contribution in [3.8, 4) is 0 Å². The molecular formula is C16H13ClN4O4. The van der Waals surface area contributed by atoms with Gasteiger partial charge in [0, 0.05) is 23.4 Å². The highest BCUT2D eigenvalue weighted by atomic mass is 35.5. The van der Waals surface area contributed by atoms with Gasteiger partial charge in [-0.2, -0.15) is 0 Å². The third-order valence-corrected chi connectivity index (χ3v) is 4.27. The molecule has 8 nitrogen and oxygen atoms in total. The number of nitrogen functional groups attached to an aromatic ring is 1. The number of rotatable bonds is 4. The van der Waals surface area contributed by atoms with Gasteiger partial charge < -0.3 is 5.73 Å². The van der Waals surface area contributed by atoms with E-state index in [2.05, 4.69) is 5.43 Å². The topological polar surface area (TPSA) is 119 Å². The van der Waals surface area contributed by atoms with Crippen LogP contribution in [0.1, 0.15) is 22.0 Å². The van der Waals surface area contributed by atoms with E-state index in [-0.39, 0.29) is 5.69 Å². The highest BCUT2D eigenvalue weighted by Crippen LogP contribution is 2.38. The Balaban J connectivity index is 1.82. The van der Waals surface area contributed by atoms with Crippen molar-refractivity contribution >= 4 is 34.8 Å². The molecule has 2 aromatic carbocycles. The molecular weight excluding hydrogens is 348 g/mol. The van der Waals surface area contributed by atoms with Gasteiger partial charge in [-0.15, -0.1) is 11.6 Å². The Bertz CT molecular complexity index is 855. The van der Waals surface area contributed by atoms with Gasteiger partial charge in [0.05, 0.1) is 4.92 Å². The molecule has 1 heterocycles. The lowest BCUT2D eigenvalue weighted by Gasteiger charge is -2.43. The van der Waals surface area contributed by atoms with Crippen LogP contribution in [0, 0.1) is 10.1 Å². The molecule has 3 rings (SSSR count). The van der Waals surface area contributed by atoms with E-state index in [1.807, 2.05) is 0 Å². The van der Waals surface area contributed by atoms with Crippen molar-refractivity contribution in [2.75, 3.05) is 5.73 Å². The number of hydrogen-bond acceptors (Lipinski definition) is 5. The Hall–Kier alpha value is -3.13. The second-order valence-corrected chi connectivity index (χ2v) is 5.94. The summed E-state index contributed by atoms with van der Waals surface area (Å²) in [6.45, 7) is 0. The number of nitro benzene ring substituents is 1. The summed E-state index contributed by atoms with van der Waals surface area (Å²) in [5.74, 6) is -0.991. The number of nitrogens with two attached hydrogens (primary N) is 1. The zero-order valence-corrected chi connectivity index (χ0v) is 13.5. The number of alkyl halides is 1. The van der Waals surface area contributed by atoms with Crippen LogP contribution in [-0.4, -0.2) is 27.1 Å². The van der Waals surface area contributed by atoms with E-state index in [0.29, 0.717) is 16.8 Å². The Morgan fingerprint density at radius 1 is 1.24 bits per heavy atom. The molecule has 25 heavy (non-hydrogen) atoms. The summed E-state index contributed by atoms with van der Waals surface area (Å²) in [7, 11) is 0. The summed E-state index contributed by atoms with van der Waals surface area (Å²) in [4.78, 5) is 34.7. The fourth-order valence-electron chi connectivity index (χ4n) is 2.53. The quantitative estimate of drug-likeness (QED) is 0.284. The number of amides is 2. The van der Waals surface area contributed by atoms with Gasteiger partial charge in [-0.25, -0.2) is 5.01 Å². The van der Waals surface area contributed by atoms with Gasteiger partial charge in [-0.05, 0) is 29.8 Å². The predicted molar refractivity (Wildman–Crippen MR) is 90.6 cm³/mol. The maximum absolute atomic E-state index is 12.3. The van der Waals surface area contributed by atoms with Crippen LogP contribution in [0.2, 0.25) is 0 Å². The Labute approximate surface area is 147 Å². The minimum absolute atomic E-state index is 0.120. The monoisotopic (exact) mass is 360 g/mol. The van der Waals surface area contributed by atoms with Crippen molar-refractivity contribution in [2.45, 2.75) is 11.4 Å². The third-order valence-electron chi connectivity index (χ3n) is 3.85. The number of benzene rings is 2. The fourth-order valence-corrected chi connectivity index (χ4v) is 2.89. The van der Waals surface area contributed by atoms with E-state index < -0.39 is 28.2 Å². The Morgan fingerprint density at radius 3 is 2.56 bits per heavy atom. The van der Waals surface area contributed by atoms with Gasteiger partial charge in [0.2, 0.25) is 0 Å². The minimum atomic E-state index is -0.909. The largest absolute Gasteiger partial charge is 0.399 e. The molecule has 128 valence electrons. The number of carbonyl (C=O) groups is 2. The number of β-lactam (4-membered cyclic amide) rings is 1. The van der Waals surface area contributed by atoms with Gasteiger partial charge in [-0.3, -0.25) is 25.1 Å². The maximum Gasteiger partial charge on any atom is 0.269 e. The van der Waals surface area contributed by atoms with Crippen LogP contribution < -0.4 is 11.2 Å². The molecule has 2 aromatic rings. The zero-order chi connectivity index (χ0) is 18.1. The number of carbonyl (C=O) groups excluding carboxylic acids is 2. The van der Waals surface area contributed by atoms with Gasteiger partial charge in [0.1, 0.15) is 11.4 Å². The van der Waals surface area contributed by atoms with Crippen molar-refractivity contribution in [1.29, 1.82) is 0 Å². The first-order chi connectivity index (χ1) is 11.9. The molecule has 0 saturated carbocycles. The van der Waals surface area contributed by atoms with Crippen molar-refractivity contribution in [1.82, 2.24) is 10.4 Å². The summed E-state index contributed by atoms with van der Waals surface area (Å²) >= 11 is 6.05. The van der Waals surface area contributed by atoms with Crippen molar-refractivity contribution in [3.63, 3.8) is 0 Å². The molecule has 2 amide bonds. The summed E-state index contributed by atoms with van der Waals surface area (Å²) < 4.78 is 0. The number of nitro groups is 1. The first-order valence-corrected chi connectivity index (χ1v) is 7.70. The van der Waals surface area contributed by atoms with Crippen molar-refractivity contribution in [2.24, 2.45) is 0 Å². The zero-order valence-electron chi connectivity index (χ0n) is 12.8. The predicted octanol–water partition coefficient (Wildman–Crippen LogP) is 2.01. The summed E-state index contributed by atoms with van der Waals surface area (Å²) in [6, 6.07) is 11.3. The number of hydrazine groups is 1. The minimum Gasteiger partial charge on any atom is -0.399 e. The molecule has 1 aliphatic heterocycles. The van der Waals surface area contributed by atoms with E-state index in [9.17, 15) is 19.7 Å². The molecule has 0 aliphatic carbocycles. The van der Waals surface area contributed by atoms with E-state index >= 15 is 0 Å². The van der Waals surface area contributed by atoms with Gasteiger partial charge >= 0.3 is 0 Å². The van der Waals surface area contributed by atoms with Gasteiger partial charge in [0.15, 0.2) is 0 Å². The number of nitrogens with zero attached hydrogens (tertiary/aromatic N) is 2. The van der Waals surface area contributed by atoms with Crippen LogP contribution in [0.5, 0.6) is 0 Å². The van der Waals surface area contributed by atoms with Gasteiger partial charge in [0.25, 0.3) is 17.5 Å². The van der Waals surface area contributed by atoms with Crippen molar-refractivity contribution in [3.05, 3.63) is 69.8 Å². The summed E-state index contributed by atoms with van der Waals surface area (Å²) in [5.41, 5.74) is 9.22. The molecule has 1 aliphatic rings. The lowest BCUT2D eigenvalue weighted by molar-refractivity contribution is -0.385. The highest BCUT2D eigenvalue weighted by Gasteiger charge is 2.48. The highest BCUT2D eigenvalue weighted by molar-refractivity contribution is 6.33. The molecule has 0 bridgehead atoms. The van der Waals surface area contributed by atoms with Crippen LogP contribution in [0.4, 0.5) is 11.4 Å². The Morgan fingerprint density at radius 2 is 1.92 bits per heavy atom. The second-order valence-electron chi connectivity index (χ2n) is 5.47. The van der Waals surface area contributed by atoms with Crippen LogP contribution in [0.3, 0.4) is 0 Å². The average Bonchev–Trinajstić information content (AvgIpc) is 2.61. The summed E-state index contributed by atoms with van der Waals surface area (Å²) in [5, 5.41) is 11.1. The molecule has 1 fully saturated rings. The molecule has 0 radical (unpaired) electrons. The molecule has 2 atom stereocenters. The fraction of sp³-hybridized carbons (Fsp3) is 0.125. The lowest BCUT2D eigenvalue weighted by Crippen LogP contribution is -2.63. The Kier molecular flexibility index (Phi) is 4.28.